The number of aromatic amines is 1. The quantitative estimate of drug-likeness (QED) is 0.597. The Morgan fingerprint density at radius 3 is 3.00 bits per heavy atom. The Hall–Kier alpha value is -1.23. The molecule has 1 aliphatic carbocycles. The van der Waals surface area contributed by atoms with Crippen molar-refractivity contribution in [1.29, 1.82) is 0 Å². The van der Waals surface area contributed by atoms with Crippen LogP contribution in [0.15, 0.2) is 6.07 Å². The maximum Gasteiger partial charge on any atom is 0.374 e. The normalized spacial score (nSPS) is 15.2. The minimum absolute atomic E-state index is 0.196. The van der Waals surface area contributed by atoms with E-state index in [1.54, 1.807) is 6.07 Å². The average molecular weight is 210 g/mol. The Balaban J connectivity index is 2.40. The number of aromatic nitrogens is 2. The number of hydrogen-bond donors (Lipinski definition) is 1. The van der Waals surface area contributed by atoms with E-state index in [1.807, 2.05) is 0 Å². The third-order valence-electron chi connectivity index (χ3n) is 2.16. The molecule has 1 fully saturated rings. The molecule has 0 aliphatic heterocycles. The van der Waals surface area contributed by atoms with Crippen molar-refractivity contribution in [2.45, 2.75) is 18.8 Å². The van der Waals surface area contributed by atoms with Crippen LogP contribution in [0.4, 0.5) is 0 Å². The second kappa shape index (κ2) is 3.49. The minimum Gasteiger partial charge on any atom is -0.463 e. The molecule has 1 aromatic rings. The largest absolute Gasteiger partial charge is 0.463 e. The highest BCUT2D eigenvalue weighted by molar-refractivity contribution is 7.71. The number of esters is 1. The van der Waals surface area contributed by atoms with Crippen molar-refractivity contribution in [3.05, 3.63) is 22.2 Å². The van der Waals surface area contributed by atoms with Gasteiger partial charge in [-0.1, -0.05) is 12.2 Å². The van der Waals surface area contributed by atoms with Crippen LogP contribution in [0.3, 0.4) is 0 Å². The molecule has 74 valence electrons. The van der Waals surface area contributed by atoms with Gasteiger partial charge in [0.15, 0.2) is 0 Å². The lowest BCUT2D eigenvalue weighted by Crippen LogP contribution is -2.08. The summed E-state index contributed by atoms with van der Waals surface area (Å²) in [7, 11) is 1.32. The fraction of sp³-hybridized carbons (Fsp3) is 0.444. The topological polar surface area (TPSA) is 55.0 Å². The van der Waals surface area contributed by atoms with Crippen LogP contribution >= 0.6 is 12.2 Å². The molecular formula is C9H10N2O2S. The summed E-state index contributed by atoms with van der Waals surface area (Å²) in [5, 5.41) is 0. The van der Waals surface area contributed by atoms with Gasteiger partial charge in [0.05, 0.1) is 7.11 Å². The smallest absolute Gasteiger partial charge is 0.374 e. The lowest BCUT2D eigenvalue weighted by molar-refractivity contribution is 0.0586. The fourth-order valence-electron chi connectivity index (χ4n) is 1.28. The van der Waals surface area contributed by atoms with Crippen LogP contribution in [0.2, 0.25) is 0 Å². The number of rotatable bonds is 2. The van der Waals surface area contributed by atoms with Gasteiger partial charge in [-0.2, -0.15) is 0 Å². The van der Waals surface area contributed by atoms with Crippen molar-refractivity contribution in [1.82, 2.24) is 9.97 Å². The van der Waals surface area contributed by atoms with Gasteiger partial charge in [-0.05, 0) is 24.8 Å². The van der Waals surface area contributed by atoms with Crippen LogP contribution in [-0.2, 0) is 4.74 Å². The van der Waals surface area contributed by atoms with Gasteiger partial charge in [-0.15, -0.1) is 0 Å². The lowest BCUT2D eigenvalue weighted by Gasteiger charge is -2.02. The van der Waals surface area contributed by atoms with Crippen molar-refractivity contribution in [2.24, 2.45) is 0 Å². The molecule has 0 amide bonds. The van der Waals surface area contributed by atoms with E-state index in [-0.39, 0.29) is 5.82 Å². The predicted molar refractivity (Wildman–Crippen MR) is 52.7 cm³/mol. The van der Waals surface area contributed by atoms with Crippen LogP contribution in [0.25, 0.3) is 0 Å². The second-order valence-corrected chi connectivity index (χ2v) is 3.71. The maximum absolute atomic E-state index is 11.2. The molecule has 1 saturated carbocycles. The van der Waals surface area contributed by atoms with Gasteiger partial charge in [0.25, 0.3) is 0 Å². The average Bonchev–Trinajstić information content (AvgIpc) is 2.98. The number of carbonyl (C=O) groups excluding carboxylic acids is 1. The first-order valence-corrected chi connectivity index (χ1v) is 4.81. The van der Waals surface area contributed by atoms with Gasteiger partial charge >= 0.3 is 5.97 Å². The Labute approximate surface area is 86.3 Å². The molecular weight excluding hydrogens is 200 g/mol. The molecule has 2 rings (SSSR count). The van der Waals surface area contributed by atoms with Crippen LogP contribution in [0.5, 0.6) is 0 Å². The maximum atomic E-state index is 11.2. The highest BCUT2D eigenvalue weighted by atomic mass is 32.1. The molecule has 14 heavy (non-hydrogen) atoms. The van der Waals surface area contributed by atoms with Crippen molar-refractivity contribution in [3.63, 3.8) is 0 Å². The zero-order valence-corrected chi connectivity index (χ0v) is 8.56. The molecule has 0 atom stereocenters. The molecule has 1 N–H and O–H groups in total. The van der Waals surface area contributed by atoms with Gasteiger partial charge in [-0.3, -0.25) is 0 Å². The van der Waals surface area contributed by atoms with Crippen molar-refractivity contribution >= 4 is 18.2 Å². The van der Waals surface area contributed by atoms with Gasteiger partial charge < -0.3 is 9.72 Å². The number of methoxy groups -OCH3 is 1. The van der Waals surface area contributed by atoms with E-state index >= 15 is 0 Å². The molecule has 1 aliphatic rings. The van der Waals surface area contributed by atoms with Gasteiger partial charge in [0.1, 0.15) is 4.64 Å². The third kappa shape index (κ3) is 1.82. The van der Waals surface area contributed by atoms with E-state index in [1.165, 1.54) is 7.11 Å². The van der Waals surface area contributed by atoms with E-state index in [2.05, 4.69) is 14.7 Å². The van der Waals surface area contributed by atoms with Gasteiger partial charge in [-0.25, -0.2) is 9.78 Å². The summed E-state index contributed by atoms with van der Waals surface area (Å²) >= 11 is 4.96. The fourth-order valence-corrected chi connectivity index (χ4v) is 1.50. The lowest BCUT2D eigenvalue weighted by atomic mass is 10.3. The molecule has 0 radical (unpaired) electrons. The van der Waals surface area contributed by atoms with E-state index in [9.17, 15) is 4.79 Å². The Bertz CT molecular complexity index is 423. The molecule has 1 aromatic heterocycles. The summed E-state index contributed by atoms with van der Waals surface area (Å²) < 4.78 is 5.00. The first-order valence-electron chi connectivity index (χ1n) is 4.40. The third-order valence-corrected chi connectivity index (χ3v) is 2.37. The summed E-state index contributed by atoms with van der Waals surface area (Å²) in [6.45, 7) is 0. The summed E-state index contributed by atoms with van der Waals surface area (Å²) in [6.07, 6.45) is 2.30. The SMILES string of the molecule is COC(=O)c1nc(=S)cc(C2CC2)[nH]1. The van der Waals surface area contributed by atoms with E-state index in [4.69, 9.17) is 12.2 Å². The minimum atomic E-state index is -0.474. The first-order chi connectivity index (χ1) is 6.70. The van der Waals surface area contributed by atoms with Crippen LogP contribution in [0, 0.1) is 4.64 Å². The van der Waals surface area contributed by atoms with Crippen molar-refractivity contribution in [3.8, 4) is 0 Å². The summed E-state index contributed by atoms with van der Waals surface area (Å²) in [4.78, 5) is 18.0. The number of H-pyrrole nitrogens is 1. The number of ether oxygens (including phenoxy) is 1. The van der Waals surface area contributed by atoms with Gasteiger partial charge in [0.2, 0.25) is 5.82 Å². The molecule has 5 heteroatoms. The molecule has 0 aromatic carbocycles. The molecule has 0 saturated heterocycles. The number of nitrogens with zero attached hydrogens (tertiary/aromatic N) is 1. The first kappa shape index (κ1) is 9.33. The molecule has 0 bridgehead atoms. The van der Waals surface area contributed by atoms with E-state index in [0.717, 1.165) is 18.5 Å². The Kier molecular flexibility index (Phi) is 2.33. The summed E-state index contributed by atoms with van der Waals surface area (Å²) in [5.74, 6) is 0.239. The molecule has 1 heterocycles. The van der Waals surface area contributed by atoms with Crippen molar-refractivity contribution in [2.75, 3.05) is 7.11 Å². The molecule has 0 unspecified atom stereocenters. The number of hydrogen-bond acceptors (Lipinski definition) is 4. The van der Waals surface area contributed by atoms with Crippen LogP contribution < -0.4 is 0 Å². The summed E-state index contributed by atoms with van der Waals surface area (Å²) in [6, 6.07) is 1.80. The highest BCUT2D eigenvalue weighted by Gasteiger charge is 2.25. The van der Waals surface area contributed by atoms with Crippen LogP contribution in [0.1, 0.15) is 35.1 Å². The zero-order valence-electron chi connectivity index (χ0n) is 7.74. The Morgan fingerprint density at radius 1 is 1.71 bits per heavy atom. The summed E-state index contributed by atoms with van der Waals surface area (Å²) in [5.41, 5.74) is 0.991. The standard InChI is InChI=1S/C9H10N2O2S/c1-13-9(12)8-10-6(5-2-3-5)4-7(14)11-8/h4-5H,2-3H2,1H3,(H,10,11,14). The highest BCUT2D eigenvalue weighted by Crippen LogP contribution is 2.38. The molecule has 4 nitrogen and oxygen atoms in total. The predicted octanol–water partition coefficient (Wildman–Crippen LogP) is 1.80. The van der Waals surface area contributed by atoms with E-state index < -0.39 is 5.97 Å². The van der Waals surface area contributed by atoms with Gasteiger partial charge in [0, 0.05) is 5.69 Å². The molecule has 0 spiro atoms. The monoisotopic (exact) mass is 210 g/mol. The van der Waals surface area contributed by atoms with Crippen LogP contribution in [-0.4, -0.2) is 23.0 Å². The number of nitrogens with one attached hydrogen (secondary N) is 1. The second-order valence-electron chi connectivity index (χ2n) is 3.29. The zero-order chi connectivity index (χ0) is 10.1. The number of carbonyl (C=O) groups is 1. The Morgan fingerprint density at radius 2 is 2.43 bits per heavy atom. The van der Waals surface area contributed by atoms with E-state index in [0.29, 0.717) is 10.6 Å². The van der Waals surface area contributed by atoms with Crippen molar-refractivity contribution < 1.29 is 9.53 Å².